The van der Waals surface area contributed by atoms with Crippen LogP contribution in [0.4, 0.5) is 0 Å². The Hall–Kier alpha value is 0.440. The van der Waals surface area contributed by atoms with Crippen molar-refractivity contribution in [1.82, 2.24) is 0 Å². The van der Waals surface area contributed by atoms with Gasteiger partial charge in [0.15, 0.2) is 0 Å². The van der Waals surface area contributed by atoms with Gasteiger partial charge in [0.25, 0.3) is 0 Å². The molecule has 1 aliphatic rings. The van der Waals surface area contributed by atoms with Crippen LogP contribution < -0.4 is 17.0 Å². The molecule has 2 heteroatoms. The second-order valence-electron chi connectivity index (χ2n) is 7.42. The number of hydrogen-bond acceptors (Lipinski definition) is 0. The quantitative estimate of drug-likeness (QED) is 0.322. The number of hydrogen-bond donors (Lipinski definition) is 0. The topological polar surface area (TPSA) is 0 Å². The fourth-order valence-electron chi connectivity index (χ4n) is 3.99. The molecule has 0 aliphatic carbocycles. The zero-order valence-electron chi connectivity index (χ0n) is 15.6. The maximum Gasteiger partial charge on any atom is 0.0788 e. The van der Waals surface area contributed by atoms with Crippen molar-refractivity contribution >= 4 is 0 Å². The zero-order chi connectivity index (χ0) is 15.2. The lowest BCUT2D eigenvalue weighted by atomic mass is 10.1. The summed E-state index contributed by atoms with van der Waals surface area (Å²) in [6, 6.07) is 0. The third-order valence-electron chi connectivity index (χ3n) is 5.67. The van der Waals surface area contributed by atoms with Crippen LogP contribution in [0.3, 0.4) is 0 Å². The molecule has 0 aromatic carbocycles. The first kappa shape index (κ1) is 22.4. The first-order valence-corrected chi connectivity index (χ1v) is 10.2. The molecule has 1 saturated heterocycles. The highest BCUT2D eigenvalue weighted by atomic mass is 79.9. The van der Waals surface area contributed by atoms with Crippen molar-refractivity contribution in [3.8, 4) is 0 Å². The molecule has 0 radical (unpaired) electrons. The van der Waals surface area contributed by atoms with Crippen LogP contribution in [0.25, 0.3) is 0 Å². The van der Waals surface area contributed by atoms with Gasteiger partial charge in [-0.25, -0.2) is 0 Å². The maximum absolute atomic E-state index is 2.39. The van der Waals surface area contributed by atoms with E-state index in [-0.39, 0.29) is 17.0 Å². The van der Waals surface area contributed by atoms with Gasteiger partial charge in [0, 0.05) is 12.8 Å². The smallest absolute Gasteiger partial charge is 0.0788 e. The highest BCUT2D eigenvalue weighted by Gasteiger charge is 2.28. The Labute approximate surface area is 151 Å². The molecule has 0 aromatic rings. The lowest BCUT2D eigenvalue weighted by Gasteiger charge is -2.33. The molecule has 0 amide bonds. The molecule has 1 rings (SSSR count). The standard InChI is InChI=1S/C20H42N.BrH/c1-3-5-6-7-8-9-10-11-12-13-14-15-18-21(4-2)19-16-17-20-21;/h3-20H2,1-2H3;1H/q+1;/p-1. The minimum atomic E-state index is 0. The fourth-order valence-corrected chi connectivity index (χ4v) is 3.99. The van der Waals surface area contributed by atoms with Gasteiger partial charge in [-0.2, -0.15) is 0 Å². The minimum Gasteiger partial charge on any atom is -1.00 e. The summed E-state index contributed by atoms with van der Waals surface area (Å²) in [6.07, 6.45) is 20.6. The number of likely N-dealkylation sites (tertiary alicyclic amines) is 1. The molecule has 0 saturated carbocycles. The van der Waals surface area contributed by atoms with Crippen molar-refractivity contribution in [3.05, 3.63) is 0 Å². The Bertz CT molecular complexity index is 224. The van der Waals surface area contributed by atoms with E-state index in [0.717, 1.165) is 0 Å². The van der Waals surface area contributed by atoms with E-state index < -0.39 is 0 Å². The summed E-state index contributed by atoms with van der Waals surface area (Å²) >= 11 is 0. The molecule has 0 spiro atoms. The average Bonchev–Trinajstić information content (AvgIpc) is 2.98. The van der Waals surface area contributed by atoms with Gasteiger partial charge in [-0.05, 0) is 19.8 Å². The van der Waals surface area contributed by atoms with Gasteiger partial charge in [0.1, 0.15) is 0 Å². The van der Waals surface area contributed by atoms with Crippen LogP contribution in [-0.2, 0) is 0 Å². The van der Waals surface area contributed by atoms with Crippen molar-refractivity contribution in [2.75, 3.05) is 26.2 Å². The lowest BCUT2D eigenvalue weighted by molar-refractivity contribution is -0.915. The van der Waals surface area contributed by atoms with Crippen LogP contribution in [0.15, 0.2) is 0 Å². The first-order valence-electron chi connectivity index (χ1n) is 10.2. The molecule has 0 atom stereocenters. The number of nitrogens with zero attached hydrogens (tertiary/aromatic N) is 1. The highest BCUT2D eigenvalue weighted by Crippen LogP contribution is 2.20. The summed E-state index contributed by atoms with van der Waals surface area (Å²) in [5, 5.41) is 0. The Kier molecular flexibility index (Phi) is 15.3. The van der Waals surface area contributed by atoms with Gasteiger partial charge in [0.05, 0.1) is 26.2 Å². The van der Waals surface area contributed by atoms with Gasteiger partial charge < -0.3 is 21.5 Å². The normalized spacial score (nSPS) is 16.6. The zero-order valence-corrected chi connectivity index (χ0v) is 17.1. The lowest BCUT2D eigenvalue weighted by Crippen LogP contribution is -3.00. The van der Waals surface area contributed by atoms with Crippen LogP contribution in [0, 0.1) is 0 Å². The van der Waals surface area contributed by atoms with Crippen LogP contribution in [0.5, 0.6) is 0 Å². The molecule has 0 unspecified atom stereocenters. The molecule has 1 heterocycles. The van der Waals surface area contributed by atoms with Crippen molar-refractivity contribution < 1.29 is 21.5 Å². The molecule has 0 bridgehead atoms. The molecule has 1 aliphatic heterocycles. The molecule has 0 N–H and O–H groups in total. The monoisotopic (exact) mass is 375 g/mol. The van der Waals surface area contributed by atoms with Crippen LogP contribution in [0.1, 0.15) is 104 Å². The summed E-state index contributed by atoms with van der Waals surface area (Å²) in [5.41, 5.74) is 0. The van der Waals surface area contributed by atoms with Crippen molar-refractivity contribution in [1.29, 1.82) is 0 Å². The van der Waals surface area contributed by atoms with E-state index >= 15 is 0 Å². The number of rotatable bonds is 14. The Balaban J connectivity index is 0.00000441. The van der Waals surface area contributed by atoms with Gasteiger partial charge in [0.2, 0.25) is 0 Å². The van der Waals surface area contributed by atoms with Crippen LogP contribution >= 0.6 is 0 Å². The Morgan fingerprint density at radius 2 is 1.00 bits per heavy atom. The second-order valence-corrected chi connectivity index (χ2v) is 7.42. The Morgan fingerprint density at radius 3 is 1.41 bits per heavy atom. The summed E-state index contributed by atoms with van der Waals surface area (Å²) in [4.78, 5) is 0. The van der Waals surface area contributed by atoms with Crippen LogP contribution in [0.2, 0.25) is 0 Å². The van der Waals surface area contributed by atoms with E-state index in [1.807, 2.05) is 0 Å². The predicted octanol–water partition coefficient (Wildman–Crippen LogP) is 3.32. The molecule has 0 aromatic heterocycles. The van der Waals surface area contributed by atoms with Crippen molar-refractivity contribution in [2.45, 2.75) is 104 Å². The minimum absolute atomic E-state index is 0. The summed E-state index contributed by atoms with van der Waals surface area (Å²) in [7, 11) is 0. The highest BCUT2D eigenvalue weighted by molar-refractivity contribution is 4.55. The van der Waals surface area contributed by atoms with E-state index in [4.69, 9.17) is 0 Å². The SMILES string of the molecule is CCCCCCCCCCCCCC[N+]1(CC)CCCC1.[Br-]. The molecule has 1 nitrogen and oxygen atoms in total. The van der Waals surface area contributed by atoms with E-state index in [9.17, 15) is 0 Å². The molecule has 1 fully saturated rings. The summed E-state index contributed by atoms with van der Waals surface area (Å²) in [5.74, 6) is 0. The molecular formula is C20H42BrN. The number of unbranched alkanes of at least 4 members (excludes halogenated alkanes) is 11. The largest absolute Gasteiger partial charge is 1.00 e. The first-order chi connectivity index (χ1) is 10.3. The average molecular weight is 376 g/mol. The Morgan fingerprint density at radius 1 is 0.591 bits per heavy atom. The van der Waals surface area contributed by atoms with Crippen molar-refractivity contribution in [3.63, 3.8) is 0 Å². The fraction of sp³-hybridized carbons (Fsp3) is 1.00. The second kappa shape index (κ2) is 15.0. The predicted molar refractivity (Wildman–Crippen MR) is 95.7 cm³/mol. The van der Waals surface area contributed by atoms with Gasteiger partial charge in [-0.1, -0.05) is 71.1 Å². The van der Waals surface area contributed by atoms with Gasteiger partial charge >= 0.3 is 0 Å². The van der Waals surface area contributed by atoms with E-state index in [0.29, 0.717) is 0 Å². The third kappa shape index (κ3) is 10.3. The van der Waals surface area contributed by atoms with E-state index in [2.05, 4.69) is 13.8 Å². The van der Waals surface area contributed by atoms with Gasteiger partial charge in [-0.3, -0.25) is 0 Å². The number of quaternary nitrogens is 1. The van der Waals surface area contributed by atoms with E-state index in [1.165, 1.54) is 121 Å². The van der Waals surface area contributed by atoms with Crippen molar-refractivity contribution in [2.24, 2.45) is 0 Å². The maximum atomic E-state index is 2.39. The third-order valence-corrected chi connectivity index (χ3v) is 5.67. The molecule has 134 valence electrons. The summed E-state index contributed by atoms with van der Waals surface area (Å²) < 4.78 is 1.44. The molecule has 22 heavy (non-hydrogen) atoms. The van der Waals surface area contributed by atoms with Gasteiger partial charge in [-0.15, -0.1) is 0 Å². The van der Waals surface area contributed by atoms with E-state index in [1.54, 1.807) is 0 Å². The number of halogens is 1. The van der Waals surface area contributed by atoms with Crippen LogP contribution in [-0.4, -0.2) is 30.7 Å². The molecular weight excluding hydrogens is 334 g/mol. The summed E-state index contributed by atoms with van der Waals surface area (Å²) in [6.45, 7) is 10.5.